The van der Waals surface area contributed by atoms with Crippen molar-refractivity contribution >= 4 is 23.1 Å². The van der Waals surface area contributed by atoms with E-state index in [0.29, 0.717) is 28.4 Å². The van der Waals surface area contributed by atoms with E-state index in [2.05, 4.69) is 16.7 Å². The molecule has 0 fully saturated rings. The molecule has 0 saturated carbocycles. The largest absolute Gasteiger partial charge is 0.454 e. The van der Waals surface area contributed by atoms with Gasteiger partial charge in [0.2, 0.25) is 5.43 Å². The van der Waals surface area contributed by atoms with Crippen LogP contribution in [0.2, 0.25) is 5.02 Å². The summed E-state index contributed by atoms with van der Waals surface area (Å²) in [5.74, 6) is -0.0859. The fourth-order valence-electron chi connectivity index (χ4n) is 3.33. The molecule has 0 saturated heterocycles. The molecule has 0 radical (unpaired) electrons. The highest BCUT2D eigenvalue weighted by Crippen LogP contribution is 2.33. The number of nitrogens with zero attached hydrogens (tertiary/aromatic N) is 3. The zero-order valence-electron chi connectivity index (χ0n) is 18.4. The maximum atomic E-state index is 13.3. The average molecular weight is 491 g/mol. The Morgan fingerprint density at radius 1 is 1.17 bits per heavy atom. The lowest BCUT2D eigenvalue weighted by Crippen LogP contribution is -2.24. The monoisotopic (exact) mass is 490 g/mol. The summed E-state index contributed by atoms with van der Waals surface area (Å²) in [7, 11) is 0. The summed E-state index contributed by atoms with van der Waals surface area (Å²) in [5, 5.41) is 4.57. The summed E-state index contributed by atoms with van der Waals surface area (Å²) in [6.07, 6.45) is 4.32. The molecule has 7 nitrogen and oxygen atoms in total. The molecule has 0 spiro atoms. The van der Waals surface area contributed by atoms with Crippen LogP contribution in [0.5, 0.6) is 11.5 Å². The number of carbonyl (C=O) groups is 1. The zero-order chi connectivity index (χ0) is 24.9. The molecule has 0 aliphatic carbocycles. The van der Waals surface area contributed by atoms with E-state index in [9.17, 15) is 14.0 Å². The molecule has 176 valence electrons. The molecule has 9 heteroatoms. The Balaban J connectivity index is 1.58. The molecule has 0 atom stereocenters. The van der Waals surface area contributed by atoms with Gasteiger partial charge in [0.25, 0.3) is 0 Å². The summed E-state index contributed by atoms with van der Waals surface area (Å²) < 4.78 is 20.5. The predicted octanol–water partition coefficient (Wildman–Crippen LogP) is 5.08. The van der Waals surface area contributed by atoms with Crippen LogP contribution in [0.1, 0.15) is 16.1 Å². The first-order valence-electron chi connectivity index (χ1n) is 10.5. The van der Waals surface area contributed by atoms with Gasteiger partial charge in [-0.1, -0.05) is 23.7 Å². The van der Waals surface area contributed by atoms with Crippen LogP contribution in [-0.2, 0) is 13.0 Å². The Hall–Kier alpha value is -4.30. The average Bonchev–Trinajstić information content (AvgIpc) is 2.85. The minimum Gasteiger partial charge on any atom is -0.454 e. The Bertz CT molecular complexity index is 1450. The summed E-state index contributed by atoms with van der Waals surface area (Å²) in [6.45, 7) is 3.96. The lowest BCUT2D eigenvalue weighted by atomic mass is 10.0. The molecule has 35 heavy (non-hydrogen) atoms. The van der Waals surface area contributed by atoms with Gasteiger partial charge < -0.3 is 10.5 Å². The van der Waals surface area contributed by atoms with E-state index in [1.54, 1.807) is 36.4 Å². The SMILES string of the molecule is C=CCn1cc(C(=O)Cc2ccc(Oc3cccc(N)c3Cl)cn2)c(=O)c(-c2ccc(F)cc2)n1. The van der Waals surface area contributed by atoms with Crippen LogP contribution >= 0.6 is 11.6 Å². The van der Waals surface area contributed by atoms with Crippen LogP contribution in [0.4, 0.5) is 10.1 Å². The predicted molar refractivity (Wildman–Crippen MR) is 132 cm³/mol. The number of halogens is 2. The van der Waals surface area contributed by atoms with Gasteiger partial charge >= 0.3 is 0 Å². The van der Waals surface area contributed by atoms with E-state index in [-0.39, 0.29) is 29.2 Å². The van der Waals surface area contributed by atoms with Gasteiger partial charge in [-0.3, -0.25) is 19.3 Å². The van der Waals surface area contributed by atoms with Gasteiger partial charge in [-0.25, -0.2) is 4.39 Å². The Labute approximate surface area is 205 Å². The van der Waals surface area contributed by atoms with Gasteiger partial charge in [0.05, 0.1) is 30.4 Å². The minimum atomic E-state index is -0.543. The Morgan fingerprint density at radius 3 is 2.63 bits per heavy atom. The van der Waals surface area contributed by atoms with Crippen molar-refractivity contribution in [2.24, 2.45) is 0 Å². The number of ketones is 1. The molecule has 2 heterocycles. The summed E-state index contributed by atoms with van der Waals surface area (Å²) in [5.41, 5.74) is 6.48. The smallest absolute Gasteiger partial charge is 0.218 e. The first-order chi connectivity index (χ1) is 16.9. The summed E-state index contributed by atoms with van der Waals surface area (Å²) in [4.78, 5) is 30.4. The highest BCUT2D eigenvalue weighted by Gasteiger charge is 2.18. The van der Waals surface area contributed by atoms with Gasteiger partial charge in [0.1, 0.15) is 28.0 Å². The molecule has 2 N–H and O–H groups in total. The van der Waals surface area contributed by atoms with Crippen molar-refractivity contribution < 1.29 is 13.9 Å². The van der Waals surface area contributed by atoms with Gasteiger partial charge in [0, 0.05) is 17.5 Å². The number of nitrogens with two attached hydrogens (primary N) is 1. The van der Waals surface area contributed by atoms with Crippen LogP contribution in [0.25, 0.3) is 11.3 Å². The van der Waals surface area contributed by atoms with Crippen molar-refractivity contribution in [3.63, 3.8) is 0 Å². The van der Waals surface area contributed by atoms with E-state index in [1.165, 1.54) is 41.3 Å². The number of carbonyl (C=O) groups excluding carboxylic acids is 1. The third-order valence-electron chi connectivity index (χ3n) is 5.06. The second-order valence-electron chi connectivity index (χ2n) is 7.58. The van der Waals surface area contributed by atoms with Crippen molar-refractivity contribution in [3.05, 3.63) is 112 Å². The fourth-order valence-corrected chi connectivity index (χ4v) is 3.49. The normalized spacial score (nSPS) is 10.7. The molecular formula is C26H20ClFN4O3. The first kappa shape index (κ1) is 23.8. The van der Waals surface area contributed by atoms with Crippen LogP contribution in [0, 0.1) is 5.82 Å². The number of anilines is 1. The second-order valence-corrected chi connectivity index (χ2v) is 7.96. The molecule has 0 amide bonds. The third kappa shape index (κ3) is 5.44. The number of allylic oxidation sites excluding steroid dienone is 1. The highest BCUT2D eigenvalue weighted by molar-refractivity contribution is 6.34. The van der Waals surface area contributed by atoms with Gasteiger partial charge in [0.15, 0.2) is 5.78 Å². The van der Waals surface area contributed by atoms with E-state index < -0.39 is 17.0 Å². The number of benzene rings is 2. The number of ether oxygens (including phenoxy) is 1. The quantitative estimate of drug-likeness (QED) is 0.210. The number of rotatable bonds is 8. The maximum Gasteiger partial charge on any atom is 0.218 e. The summed E-state index contributed by atoms with van der Waals surface area (Å²) >= 11 is 6.15. The molecule has 0 unspecified atom stereocenters. The molecule has 2 aromatic heterocycles. The summed E-state index contributed by atoms with van der Waals surface area (Å²) in [6, 6.07) is 13.7. The topological polar surface area (TPSA) is 100 Å². The van der Waals surface area contributed by atoms with E-state index in [4.69, 9.17) is 22.1 Å². The lowest BCUT2D eigenvalue weighted by molar-refractivity contribution is 0.0990. The number of hydrogen-bond donors (Lipinski definition) is 1. The fraction of sp³-hybridized carbons (Fsp3) is 0.0769. The second kappa shape index (κ2) is 10.3. The van der Waals surface area contributed by atoms with Crippen LogP contribution < -0.4 is 15.9 Å². The number of nitrogen functional groups attached to an aromatic ring is 1. The molecule has 4 rings (SSSR count). The maximum absolute atomic E-state index is 13.3. The number of Topliss-reactive ketones (excluding diaryl/α,β-unsaturated/α-hetero) is 1. The number of pyridine rings is 1. The first-order valence-corrected chi connectivity index (χ1v) is 10.9. The van der Waals surface area contributed by atoms with E-state index in [0.717, 1.165) is 0 Å². The number of hydrogen-bond acceptors (Lipinski definition) is 6. The van der Waals surface area contributed by atoms with Gasteiger partial charge in [-0.15, -0.1) is 6.58 Å². The molecule has 0 aliphatic rings. The van der Waals surface area contributed by atoms with Crippen molar-refractivity contribution in [1.82, 2.24) is 14.8 Å². The minimum absolute atomic E-state index is 0.0464. The van der Waals surface area contributed by atoms with Crippen LogP contribution in [0.15, 0.2) is 84.4 Å². The Kier molecular flexibility index (Phi) is 7.03. The highest BCUT2D eigenvalue weighted by atomic mass is 35.5. The molecule has 2 aromatic carbocycles. The number of aromatic nitrogens is 3. The van der Waals surface area contributed by atoms with E-state index >= 15 is 0 Å². The molecule has 0 aliphatic heterocycles. The molecule has 4 aromatic rings. The zero-order valence-corrected chi connectivity index (χ0v) is 19.2. The third-order valence-corrected chi connectivity index (χ3v) is 5.47. The van der Waals surface area contributed by atoms with Crippen LogP contribution in [0.3, 0.4) is 0 Å². The van der Waals surface area contributed by atoms with E-state index in [1.807, 2.05) is 0 Å². The molecule has 0 bridgehead atoms. The lowest BCUT2D eigenvalue weighted by Gasteiger charge is -2.10. The molecular weight excluding hydrogens is 471 g/mol. The standard InChI is InChI=1S/C26H20ClFN4O3/c1-2-12-32-15-20(26(34)25(31-32)16-6-8-17(28)9-7-16)22(33)13-18-10-11-19(14-30-18)35-23-5-3-4-21(29)24(23)27/h2-11,14-15H,1,12-13,29H2. The Morgan fingerprint density at radius 2 is 1.94 bits per heavy atom. The van der Waals surface area contributed by atoms with Crippen molar-refractivity contribution in [3.8, 4) is 22.8 Å². The van der Waals surface area contributed by atoms with Crippen molar-refractivity contribution in [2.45, 2.75) is 13.0 Å². The van der Waals surface area contributed by atoms with Gasteiger partial charge in [-0.05, 0) is 48.5 Å². The van der Waals surface area contributed by atoms with Crippen LogP contribution in [-0.4, -0.2) is 20.5 Å². The van der Waals surface area contributed by atoms with Gasteiger partial charge in [-0.2, -0.15) is 5.10 Å². The van der Waals surface area contributed by atoms with Crippen molar-refractivity contribution in [2.75, 3.05) is 5.73 Å². The van der Waals surface area contributed by atoms with Crippen molar-refractivity contribution in [1.29, 1.82) is 0 Å².